The van der Waals surface area contributed by atoms with E-state index in [9.17, 15) is 13.2 Å². The van der Waals surface area contributed by atoms with Gasteiger partial charge in [-0.15, -0.1) is 0 Å². The number of imidazole rings is 1. The van der Waals surface area contributed by atoms with Crippen LogP contribution in [0.2, 0.25) is 0 Å². The number of hydrogen-bond acceptors (Lipinski definition) is 4. The highest BCUT2D eigenvalue weighted by molar-refractivity contribution is 7.89. The van der Waals surface area contributed by atoms with E-state index in [-0.39, 0.29) is 16.8 Å². The Hall–Kier alpha value is -3.49. The van der Waals surface area contributed by atoms with Gasteiger partial charge in [0.05, 0.1) is 22.0 Å². The molecule has 1 unspecified atom stereocenters. The van der Waals surface area contributed by atoms with Gasteiger partial charge in [-0.2, -0.15) is 0 Å². The van der Waals surface area contributed by atoms with Gasteiger partial charge in [0.15, 0.2) is 0 Å². The van der Waals surface area contributed by atoms with E-state index in [1.807, 2.05) is 66.2 Å². The Labute approximate surface area is 193 Å². The number of sulfonamides is 1. The van der Waals surface area contributed by atoms with Crippen LogP contribution in [-0.4, -0.2) is 42.3 Å². The lowest BCUT2D eigenvalue weighted by molar-refractivity contribution is 0.0936. The standard InChI is InChI=1S/C25H26N4O3S/c1-28(2)33(31,32)20-15-13-19(14-16-20)25(30)27-22(18-9-5-4-6-10-18)17-24-26-21-11-7-8-12-23(21)29(24)3/h4-16,22H,17H2,1-3H3,(H,27,30). The zero-order valence-corrected chi connectivity index (χ0v) is 19.6. The van der Waals surface area contributed by atoms with Crippen LogP contribution < -0.4 is 5.32 Å². The average molecular weight is 463 g/mol. The molecule has 0 aliphatic rings. The van der Waals surface area contributed by atoms with Crippen molar-refractivity contribution in [3.05, 3.63) is 95.8 Å². The van der Waals surface area contributed by atoms with Crippen LogP contribution in [0.3, 0.4) is 0 Å². The van der Waals surface area contributed by atoms with Crippen molar-refractivity contribution in [3.8, 4) is 0 Å². The second kappa shape index (κ2) is 9.17. The van der Waals surface area contributed by atoms with Crippen LogP contribution in [-0.2, 0) is 23.5 Å². The van der Waals surface area contributed by atoms with Gasteiger partial charge in [0, 0.05) is 33.1 Å². The summed E-state index contributed by atoms with van der Waals surface area (Å²) in [6.07, 6.45) is 0.508. The molecule has 170 valence electrons. The summed E-state index contributed by atoms with van der Waals surface area (Å²) >= 11 is 0. The van der Waals surface area contributed by atoms with Gasteiger partial charge >= 0.3 is 0 Å². The first-order valence-electron chi connectivity index (χ1n) is 10.6. The normalized spacial score (nSPS) is 12.7. The highest BCUT2D eigenvalue weighted by atomic mass is 32.2. The molecule has 0 saturated carbocycles. The quantitative estimate of drug-likeness (QED) is 0.455. The van der Waals surface area contributed by atoms with Crippen LogP contribution in [0.5, 0.6) is 0 Å². The molecule has 1 amide bonds. The molecule has 0 spiro atoms. The molecule has 7 nitrogen and oxygen atoms in total. The fraction of sp³-hybridized carbons (Fsp3) is 0.200. The smallest absolute Gasteiger partial charge is 0.251 e. The molecule has 1 N–H and O–H groups in total. The number of amides is 1. The third kappa shape index (κ3) is 4.67. The summed E-state index contributed by atoms with van der Waals surface area (Å²) in [7, 11) is 1.36. The van der Waals surface area contributed by atoms with Crippen molar-refractivity contribution in [3.63, 3.8) is 0 Å². The monoisotopic (exact) mass is 462 g/mol. The fourth-order valence-electron chi connectivity index (χ4n) is 3.73. The molecule has 1 aromatic heterocycles. The molecule has 33 heavy (non-hydrogen) atoms. The van der Waals surface area contributed by atoms with E-state index >= 15 is 0 Å². The van der Waals surface area contributed by atoms with Crippen molar-refractivity contribution < 1.29 is 13.2 Å². The summed E-state index contributed by atoms with van der Waals surface area (Å²) in [6.45, 7) is 0. The van der Waals surface area contributed by atoms with Crippen molar-refractivity contribution in [1.82, 2.24) is 19.2 Å². The number of carbonyl (C=O) groups is 1. The molecule has 3 aromatic carbocycles. The zero-order valence-electron chi connectivity index (χ0n) is 18.8. The highest BCUT2D eigenvalue weighted by Crippen LogP contribution is 2.22. The summed E-state index contributed by atoms with van der Waals surface area (Å²) < 4.78 is 27.8. The minimum absolute atomic E-state index is 0.142. The van der Waals surface area contributed by atoms with Gasteiger partial charge in [-0.3, -0.25) is 4.79 Å². The molecule has 0 aliphatic heterocycles. The van der Waals surface area contributed by atoms with Gasteiger partial charge in [0.1, 0.15) is 5.82 Å². The lowest BCUT2D eigenvalue weighted by Gasteiger charge is -2.19. The van der Waals surface area contributed by atoms with E-state index in [0.29, 0.717) is 12.0 Å². The second-order valence-electron chi connectivity index (χ2n) is 8.03. The minimum Gasteiger partial charge on any atom is -0.345 e. The van der Waals surface area contributed by atoms with E-state index in [4.69, 9.17) is 4.98 Å². The van der Waals surface area contributed by atoms with Crippen molar-refractivity contribution in [2.75, 3.05) is 14.1 Å². The summed E-state index contributed by atoms with van der Waals surface area (Å²) in [4.78, 5) is 18.0. The summed E-state index contributed by atoms with van der Waals surface area (Å²) in [5.74, 6) is 0.578. The Bertz CT molecular complexity index is 1380. The Morgan fingerprint density at radius 3 is 2.24 bits per heavy atom. The molecule has 1 atom stereocenters. The average Bonchev–Trinajstić information content (AvgIpc) is 3.14. The number of fused-ring (bicyclic) bond motifs is 1. The zero-order chi connectivity index (χ0) is 23.6. The SMILES string of the molecule is CN(C)S(=O)(=O)c1ccc(C(=O)NC(Cc2nc3ccccc3n2C)c2ccccc2)cc1. The highest BCUT2D eigenvalue weighted by Gasteiger charge is 2.21. The number of benzene rings is 3. The summed E-state index contributed by atoms with van der Waals surface area (Å²) in [5, 5.41) is 3.10. The van der Waals surface area contributed by atoms with Gasteiger partial charge in [-0.1, -0.05) is 42.5 Å². The largest absolute Gasteiger partial charge is 0.345 e. The molecular formula is C25H26N4O3S. The number of hydrogen-bond donors (Lipinski definition) is 1. The van der Waals surface area contributed by atoms with E-state index < -0.39 is 10.0 Å². The van der Waals surface area contributed by atoms with Gasteiger partial charge in [-0.05, 0) is 42.0 Å². The minimum atomic E-state index is -3.55. The molecule has 1 heterocycles. The molecule has 4 aromatic rings. The van der Waals surface area contributed by atoms with E-state index in [1.54, 1.807) is 0 Å². The predicted molar refractivity (Wildman–Crippen MR) is 128 cm³/mol. The number of nitrogens with one attached hydrogen (secondary N) is 1. The van der Waals surface area contributed by atoms with Gasteiger partial charge in [0.25, 0.3) is 5.91 Å². The van der Waals surface area contributed by atoms with Crippen molar-refractivity contribution in [2.24, 2.45) is 7.05 Å². The van der Waals surface area contributed by atoms with Crippen LogP contribution in [0.25, 0.3) is 11.0 Å². The lowest BCUT2D eigenvalue weighted by atomic mass is 10.0. The first-order valence-corrected chi connectivity index (χ1v) is 12.0. The van der Waals surface area contributed by atoms with Crippen molar-refractivity contribution in [2.45, 2.75) is 17.4 Å². The maximum absolute atomic E-state index is 13.1. The second-order valence-corrected chi connectivity index (χ2v) is 10.2. The van der Waals surface area contributed by atoms with Gasteiger partial charge < -0.3 is 9.88 Å². The third-order valence-corrected chi connectivity index (χ3v) is 7.50. The molecular weight excluding hydrogens is 436 g/mol. The first-order chi connectivity index (χ1) is 15.8. The lowest BCUT2D eigenvalue weighted by Crippen LogP contribution is -2.30. The van der Waals surface area contributed by atoms with Crippen LogP contribution in [0.4, 0.5) is 0 Å². The summed E-state index contributed by atoms with van der Waals surface area (Å²) in [6, 6.07) is 23.3. The number of carbonyl (C=O) groups excluding carboxylic acids is 1. The van der Waals surface area contributed by atoms with Gasteiger partial charge in [-0.25, -0.2) is 17.7 Å². The number of nitrogens with zero attached hydrogens (tertiary/aromatic N) is 3. The Morgan fingerprint density at radius 1 is 0.970 bits per heavy atom. The number of para-hydroxylation sites is 2. The molecule has 0 bridgehead atoms. The number of rotatable bonds is 7. The Balaban J connectivity index is 1.61. The maximum Gasteiger partial charge on any atom is 0.251 e. The fourth-order valence-corrected chi connectivity index (χ4v) is 4.63. The van der Waals surface area contributed by atoms with Crippen LogP contribution >= 0.6 is 0 Å². The van der Waals surface area contributed by atoms with Crippen LogP contribution in [0.1, 0.15) is 27.8 Å². The number of aryl methyl sites for hydroxylation is 1. The molecule has 4 rings (SSSR count). The molecule has 0 saturated heterocycles. The third-order valence-electron chi connectivity index (χ3n) is 5.67. The maximum atomic E-state index is 13.1. The Kier molecular flexibility index (Phi) is 6.31. The molecule has 0 aliphatic carbocycles. The molecule has 0 fully saturated rings. The first kappa shape index (κ1) is 22.7. The van der Waals surface area contributed by atoms with E-state index in [2.05, 4.69) is 5.32 Å². The van der Waals surface area contributed by atoms with Crippen molar-refractivity contribution in [1.29, 1.82) is 0 Å². The summed E-state index contributed by atoms with van der Waals surface area (Å²) in [5.41, 5.74) is 3.29. The van der Waals surface area contributed by atoms with Crippen LogP contribution in [0, 0.1) is 0 Å². The van der Waals surface area contributed by atoms with E-state index in [0.717, 1.165) is 26.7 Å². The molecule has 8 heteroatoms. The Morgan fingerprint density at radius 2 is 1.61 bits per heavy atom. The predicted octanol–water partition coefficient (Wildman–Crippen LogP) is 3.54. The van der Waals surface area contributed by atoms with Gasteiger partial charge in [0.2, 0.25) is 10.0 Å². The topological polar surface area (TPSA) is 84.3 Å². The van der Waals surface area contributed by atoms with Crippen LogP contribution in [0.15, 0.2) is 83.8 Å². The number of aromatic nitrogens is 2. The molecule has 0 radical (unpaired) electrons. The van der Waals surface area contributed by atoms with E-state index in [1.165, 1.54) is 38.4 Å². The van der Waals surface area contributed by atoms with Crippen molar-refractivity contribution >= 4 is 27.0 Å².